The minimum absolute atomic E-state index is 0.121. The number of hydrogen-bond donors (Lipinski definition) is 3. The molecule has 150 valence electrons. The summed E-state index contributed by atoms with van der Waals surface area (Å²) in [5.41, 5.74) is 8.63. The first-order chi connectivity index (χ1) is 14.2. The van der Waals surface area contributed by atoms with E-state index in [2.05, 4.69) is 20.8 Å². The molecule has 3 N–H and O–H groups in total. The number of imidazole rings is 1. The number of carbonyl (C=O) groups excluding carboxylic acids is 2. The summed E-state index contributed by atoms with van der Waals surface area (Å²) >= 11 is 1.62. The van der Waals surface area contributed by atoms with Crippen molar-refractivity contribution in [3.05, 3.63) is 59.7 Å². The molecule has 0 bridgehead atoms. The number of hydrogen-bond acceptors (Lipinski definition) is 4. The van der Waals surface area contributed by atoms with Gasteiger partial charge in [-0.05, 0) is 48.6 Å². The molecule has 1 aliphatic rings. The van der Waals surface area contributed by atoms with Crippen LogP contribution in [-0.4, -0.2) is 21.8 Å². The van der Waals surface area contributed by atoms with E-state index in [1.807, 2.05) is 36.4 Å². The number of carbonyl (C=O) groups is 2. The van der Waals surface area contributed by atoms with Gasteiger partial charge in [0.05, 0.1) is 11.0 Å². The molecule has 1 heterocycles. The maximum absolute atomic E-state index is 12.2. The number of aromatic nitrogens is 2. The van der Waals surface area contributed by atoms with Gasteiger partial charge in [0.2, 0.25) is 5.91 Å². The van der Waals surface area contributed by atoms with Crippen LogP contribution in [0.5, 0.6) is 0 Å². The fraction of sp³-hybridized carbons (Fsp3) is 0.318. The molecule has 2 amide bonds. The summed E-state index contributed by atoms with van der Waals surface area (Å²) in [4.78, 5) is 32.0. The zero-order chi connectivity index (χ0) is 20.1. The topological polar surface area (TPSA) is 86.9 Å². The predicted octanol–water partition coefficient (Wildman–Crippen LogP) is 4.20. The number of para-hydroxylation sites is 2. The van der Waals surface area contributed by atoms with Crippen LogP contribution in [0.15, 0.2) is 53.7 Å². The van der Waals surface area contributed by atoms with Gasteiger partial charge in [-0.2, -0.15) is 0 Å². The Labute approximate surface area is 173 Å². The first-order valence-corrected chi connectivity index (χ1v) is 10.9. The average Bonchev–Trinajstić information content (AvgIpc) is 3.40. The van der Waals surface area contributed by atoms with E-state index in [9.17, 15) is 9.59 Å². The normalized spacial score (nSPS) is 14.2. The molecule has 3 aromatic rings. The van der Waals surface area contributed by atoms with E-state index in [0.29, 0.717) is 17.9 Å². The van der Waals surface area contributed by atoms with Gasteiger partial charge in [0.25, 0.3) is 5.91 Å². The van der Waals surface area contributed by atoms with Crippen LogP contribution in [0.4, 0.5) is 0 Å². The van der Waals surface area contributed by atoms with Crippen LogP contribution in [-0.2, 0) is 10.5 Å². The Balaban J connectivity index is 1.25. The summed E-state index contributed by atoms with van der Waals surface area (Å²) in [6.07, 6.45) is 5.10. The third-order valence-electron chi connectivity index (χ3n) is 5.22. The number of thioether (sulfide) groups is 1. The van der Waals surface area contributed by atoms with E-state index >= 15 is 0 Å². The van der Waals surface area contributed by atoms with Crippen molar-refractivity contribution >= 4 is 34.6 Å². The van der Waals surface area contributed by atoms with E-state index in [-0.39, 0.29) is 11.8 Å². The zero-order valence-corrected chi connectivity index (χ0v) is 16.9. The molecule has 0 radical (unpaired) electrons. The number of rotatable bonds is 6. The molecule has 2 aromatic carbocycles. The molecule has 1 saturated carbocycles. The Kier molecular flexibility index (Phi) is 6.14. The molecule has 7 heteroatoms. The third-order valence-corrected chi connectivity index (χ3v) is 6.17. The minimum atomic E-state index is -0.304. The maximum Gasteiger partial charge on any atom is 0.269 e. The molecule has 1 fully saturated rings. The molecule has 1 aromatic heterocycles. The Morgan fingerprint density at radius 3 is 2.55 bits per heavy atom. The number of aromatic amines is 1. The van der Waals surface area contributed by atoms with Crippen LogP contribution < -0.4 is 10.9 Å². The summed E-state index contributed by atoms with van der Waals surface area (Å²) in [5.74, 6) is 0.778. The van der Waals surface area contributed by atoms with Gasteiger partial charge < -0.3 is 4.98 Å². The lowest BCUT2D eigenvalue weighted by molar-refractivity contribution is -0.122. The van der Waals surface area contributed by atoms with E-state index in [4.69, 9.17) is 0 Å². The first-order valence-electron chi connectivity index (χ1n) is 9.93. The molecule has 1 aliphatic carbocycles. The van der Waals surface area contributed by atoms with Crippen LogP contribution in [0.1, 0.15) is 48.0 Å². The Morgan fingerprint density at radius 2 is 1.79 bits per heavy atom. The van der Waals surface area contributed by atoms with Crippen molar-refractivity contribution in [2.45, 2.75) is 43.0 Å². The zero-order valence-electron chi connectivity index (χ0n) is 16.1. The van der Waals surface area contributed by atoms with Crippen LogP contribution in [0, 0.1) is 5.92 Å². The molecule has 6 nitrogen and oxygen atoms in total. The Bertz CT molecular complexity index is 960. The van der Waals surface area contributed by atoms with Gasteiger partial charge in [-0.3, -0.25) is 20.4 Å². The summed E-state index contributed by atoms with van der Waals surface area (Å²) < 4.78 is 0. The van der Waals surface area contributed by atoms with Gasteiger partial charge in [-0.15, -0.1) is 0 Å². The van der Waals surface area contributed by atoms with Gasteiger partial charge in [-0.1, -0.05) is 48.9 Å². The van der Waals surface area contributed by atoms with Crippen molar-refractivity contribution < 1.29 is 9.59 Å². The molecule has 0 aliphatic heterocycles. The van der Waals surface area contributed by atoms with E-state index < -0.39 is 0 Å². The lowest BCUT2D eigenvalue weighted by Crippen LogP contribution is -2.42. The standard InChI is InChI=1S/C22H24N4O2S/c27-20(13-15-5-1-2-6-15)25-26-21(28)17-11-9-16(10-12-17)14-29-22-23-18-7-3-4-8-19(18)24-22/h3-4,7-12,15H,1-2,5-6,13-14H2,(H,23,24)(H,25,27)(H,26,28). The second-order valence-corrected chi connectivity index (χ2v) is 8.37. The van der Waals surface area contributed by atoms with Crippen LogP contribution in [0.3, 0.4) is 0 Å². The fourth-order valence-corrected chi connectivity index (χ4v) is 4.47. The smallest absolute Gasteiger partial charge is 0.269 e. The number of nitrogens with zero attached hydrogens (tertiary/aromatic N) is 1. The minimum Gasteiger partial charge on any atom is -0.333 e. The van der Waals surface area contributed by atoms with Gasteiger partial charge in [0.1, 0.15) is 0 Å². The number of fused-ring (bicyclic) bond motifs is 1. The quantitative estimate of drug-likeness (QED) is 0.421. The van der Waals surface area contributed by atoms with E-state index in [0.717, 1.165) is 40.3 Å². The largest absolute Gasteiger partial charge is 0.333 e. The highest BCUT2D eigenvalue weighted by molar-refractivity contribution is 7.98. The molecular weight excluding hydrogens is 384 g/mol. The Hall–Kier alpha value is -2.80. The molecular formula is C22H24N4O2S. The number of hydrazine groups is 1. The Morgan fingerprint density at radius 1 is 1.03 bits per heavy atom. The van der Waals surface area contributed by atoms with Crippen molar-refractivity contribution in [1.82, 2.24) is 20.8 Å². The maximum atomic E-state index is 12.2. The highest BCUT2D eigenvalue weighted by atomic mass is 32.2. The molecule has 0 atom stereocenters. The lowest BCUT2D eigenvalue weighted by atomic mass is 10.0. The highest BCUT2D eigenvalue weighted by Gasteiger charge is 2.18. The van der Waals surface area contributed by atoms with Gasteiger partial charge in [0, 0.05) is 17.7 Å². The van der Waals surface area contributed by atoms with Gasteiger partial charge in [0.15, 0.2) is 5.16 Å². The van der Waals surface area contributed by atoms with E-state index in [1.165, 1.54) is 12.8 Å². The molecule has 4 rings (SSSR count). The van der Waals surface area contributed by atoms with Crippen molar-refractivity contribution in [1.29, 1.82) is 0 Å². The predicted molar refractivity (Wildman–Crippen MR) is 114 cm³/mol. The first kappa shape index (κ1) is 19.5. The summed E-state index contributed by atoms with van der Waals surface area (Å²) in [6.45, 7) is 0. The molecule has 29 heavy (non-hydrogen) atoms. The summed E-state index contributed by atoms with van der Waals surface area (Å²) in [5, 5.41) is 0.873. The SMILES string of the molecule is O=C(CC1CCCC1)NNC(=O)c1ccc(CSc2nc3ccccc3[nH]2)cc1. The number of nitrogens with one attached hydrogen (secondary N) is 3. The second-order valence-electron chi connectivity index (χ2n) is 7.40. The van der Waals surface area contributed by atoms with Crippen molar-refractivity contribution in [3.8, 4) is 0 Å². The third kappa shape index (κ3) is 5.17. The lowest BCUT2D eigenvalue weighted by Gasteiger charge is -2.11. The summed E-state index contributed by atoms with van der Waals surface area (Å²) in [7, 11) is 0. The summed E-state index contributed by atoms with van der Waals surface area (Å²) in [6, 6.07) is 15.3. The van der Waals surface area contributed by atoms with Gasteiger partial charge in [-0.25, -0.2) is 4.98 Å². The number of amides is 2. The van der Waals surface area contributed by atoms with Crippen LogP contribution in [0.25, 0.3) is 11.0 Å². The number of benzene rings is 2. The molecule has 0 unspecified atom stereocenters. The monoisotopic (exact) mass is 408 g/mol. The van der Waals surface area contributed by atoms with Crippen molar-refractivity contribution in [2.75, 3.05) is 0 Å². The van der Waals surface area contributed by atoms with E-state index in [1.54, 1.807) is 23.9 Å². The second kappa shape index (κ2) is 9.13. The molecule has 0 saturated heterocycles. The van der Waals surface area contributed by atoms with Crippen molar-refractivity contribution in [2.24, 2.45) is 5.92 Å². The van der Waals surface area contributed by atoms with Crippen molar-refractivity contribution in [3.63, 3.8) is 0 Å². The van der Waals surface area contributed by atoms with Crippen LogP contribution in [0.2, 0.25) is 0 Å². The average molecular weight is 409 g/mol. The highest BCUT2D eigenvalue weighted by Crippen LogP contribution is 2.27. The number of H-pyrrole nitrogens is 1. The molecule has 0 spiro atoms. The van der Waals surface area contributed by atoms with Crippen LogP contribution >= 0.6 is 11.8 Å². The van der Waals surface area contributed by atoms with Gasteiger partial charge >= 0.3 is 0 Å². The fourth-order valence-electron chi connectivity index (χ4n) is 3.63.